The number of carbonyl (C=O) groups is 1. The summed E-state index contributed by atoms with van der Waals surface area (Å²) in [6.45, 7) is 1.60. The number of rotatable bonds is 5. The molecule has 1 amide bonds. The van der Waals surface area contributed by atoms with Gasteiger partial charge >= 0.3 is 0 Å². The van der Waals surface area contributed by atoms with Crippen molar-refractivity contribution in [2.45, 2.75) is 18.2 Å². The number of hydrogen-bond donors (Lipinski definition) is 2. The van der Waals surface area contributed by atoms with E-state index in [9.17, 15) is 13.2 Å². The van der Waals surface area contributed by atoms with Gasteiger partial charge in [-0.3, -0.25) is 4.79 Å². The molecule has 7 heteroatoms. The van der Waals surface area contributed by atoms with Gasteiger partial charge in [0.2, 0.25) is 5.91 Å². The Bertz CT molecular complexity index is 976. The molecular formula is C17H17N3O3S. The Kier molecular flexibility index (Phi) is 4.35. The summed E-state index contributed by atoms with van der Waals surface area (Å²) in [4.78, 5) is 19.6. The van der Waals surface area contributed by atoms with Crippen LogP contribution in [0.4, 0.5) is 5.69 Å². The number of anilines is 1. The molecule has 0 aliphatic heterocycles. The van der Waals surface area contributed by atoms with Crippen molar-refractivity contribution in [3.63, 3.8) is 0 Å². The van der Waals surface area contributed by atoms with E-state index in [-0.39, 0.29) is 23.0 Å². The molecule has 0 radical (unpaired) electrons. The van der Waals surface area contributed by atoms with E-state index in [1.54, 1.807) is 37.5 Å². The first-order chi connectivity index (χ1) is 11.5. The van der Waals surface area contributed by atoms with Gasteiger partial charge in [-0.05, 0) is 29.8 Å². The molecule has 0 saturated carbocycles. The van der Waals surface area contributed by atoms with Crippen molar-refractivity contribution in [1.29, 1.82) is 0 Å². The maximum absolute atomic E-state index is 12.2. The molecule has 3 aromatic rings. The predicted molar refractivity (Wildman–Crippen MR) is 92.6 cm³/mol. The number of carbonyl (C=O) groups excluding carboxylic acids is 1. The highest BCUT2D eigenvalue weighted by atomic mass is 32.2. The van der Waals surface area contributed by atoms with Gasteiger partial charge in [0.25, 0.3) is 0 Å². The molecule has 1 aromatic carbocycles. The lowest BCUT2D eigenvalue weighted by Crippen LogP contribution is -2.14. The van der Waals surface area contributed by atoms with E-state index in [1.807, 2.05) is 6.07 Å². The number of pyridine rings is 1. The van der Waals surface area contributed by atoms with Crippen molar-refractivity contribution < 1.29 is 13.2 Å². The molecule has 3 rings (SSSR count). The molecular weight excluding hydrogens is 326 g/mol. The van der Waals surface area contributed by atoms with Crippen molar-refractivity contribution >= 4 is 32.5 Å². The van der Waals surface area contributed by atoms with E-state index >= 15 is 0 Å². The molecule has 0 spiro atoms. The molecule has 0 unspecified atom stereocenters. The van der Waals surface area contributed by atoms with Crippen LogP contribution < -0.4 is 5.32 Å². The monoisotopic (exact) mass is 343 g/mol. The Morgan fingerprint density at radius 1 is 1.21 bits per heavy atom. The minimum atomic E-state index is -3.22. The first-order valence-corrected chi connectivity index (χ1v) is 9.18. The summed E-state index contributed by atoms with van der Waals surface area (Å²) in [5, 5.41) is 3.68. The first-order valence-electron chi connectivity index (χ1n) is 7.53. The van der Waals surface area contributed by atoms with Crippen molar-refractivity contribution in [3.8, 4) is 0 Å². The molecule has 0 fully saturated rings. The van der Waals surface area contributed by atoms with E-state index in [1.165, 1.54) is 12.1 Å². The summed E-state index contributed by atoms with van der Waals surface area (Å²) in [6.07, 6.45) is 3.54. The average molecular weight is 343 g/mol. The molecule has 6 nitrogen and oxygen atoms in total. The van der Waals surface area contributed by atoms with E-state index < -0.39 is 9.84 Å². The molecule has 2 N–H and O–H groups in total. The number of nitrogens with zero attached hydrogens (tertiary/aromatic N) is 1. The van der Waals surface area contributed by atoms with Crippen LogP contribution in [0.1, 0.15) is 12.5 Å². The summed E-state index contributed by atoms with van der Waals surface area (Å²) < 4.78 is 23.6. The molecule has 0 aliphatic carbocycles. The highest BCUT2D eigenvalue weighted by Crippen LogP contribution is 2.21. The van der Waals surface area contributed by atoms with Gasteiger partial charge in [-0.2, -0.15) is 0 Å². The molecule has 2 aromatic heterocycles. The quantitative estimate of drug-likeness (QED) is 0.745. The maximum Gasteiger partial charge on any atom is 0.228 e. The van der Waals surface area contributed by atoms with Crippen molar-refractivity contribution in [2.75, 3.05) is 11.1 Å². The topological polar surface area (TPSA) is 91.9 Å². The van der Waals surface area contributed by atoms with E-state index in [4.69, 9.17) is 0 Å². The van der Waals surface area contributed by atoms with Gasteiger partial charge in [-0.15, -0.1) is 0 Å². The molecule has 0 atom stereocenters. The lowest BCUT2D eigenvalue weighted by atomic mass is 10.1. The lowest BCUT2D eigenvalue weighted by Gasteiger charge is -2.06. The van der Waals surface area contributed by atoms with Crippen molar-refractivity contribution in [2.24, 2.45) is 0 Å². The number of benzene rings is 1. The molecule has 2 heterocycles. The lowest BCUT2D eigenvalue weighted by molar-refractivity contribution is -0.115. The van der Waals surface area contributed by atoms with E-state index in [0.29, 0.717) is 11.3 Å². The number of H-pyrrole nitrogens is 1. The van der Waals surface area contributed by atoms with Crippen LogP contribution in [0, 0.1) is 0 Å². The van der Waals surface area contributed by atoms with E-state index in [0.717, 1.165) is 10.9 Å². The van der Waals surface area contributed by atoms with Crippen LogP contribution in [0.25, 0.3) is 11.0 Å². The fraction of sp³-hybridized carbons (Fsp3) is 0.176. The molecule has 0 saturated heterocycles. The van der Waals surface area contributed by atoms with Gasteiger partial charge in [0, 0.05) is 17.8 Å². The Balaban J connectivity index is 1.71. The second-order valence-corrected chi connectivity index (χ2v) is 7.65. The van der Waals surface area contributed by atoms with Crippen LogP contribution in [0.5, 0.6) is 0 Å². The Hall–Kier alpha value is -2.67. The summed E-state index contributed by atoms with van der Waals surface area (Å²) in [5.74, 6) is -0.118. The second-order valence-electron chi connectivity index (χ2n) is 5.37. The average Bonchev–Trinajstić information content (AvgIpc) is 2.98. The normalized spacial score (nSPS) is 11.5. The van der Waals surface area contributed by atoms with Gasteiger partial charge in [0.05, 0.1) is 22.8 Å². The molecule has 0 aliphatic rings. The Labute approximate surface area is 139 Å². The standard InChI is InChI=1S/C17H17N3O3S/c1-2-24(22,23)13-7-5-12(6-8-13)10-16(21)20-15-11-19-17-14(15)4-3-9-18-17/h3-9,11H,2,10H2,1H3,(H,18,19)(H,20,21). The SMILES string of the molecule is CCS(=O)(=O)c1ccc(CC(=O)Nc2c[nH]c3ncccc23)cc1. The fourth-order valence-electron chi connectivity index (χ4n) is 2.42. The molecule has 24 heavy (non-hydrogen) atoms. The number of aromatic nitrogens is 2. The van der Waals surface area contributed by atoms with Crippen LogP contribution in [-0.4, -0.2) is 30.0 Å². The Morgan fingerprint density at radius 3 is 2.67 bits per heavy atom. The van der Waals surface area contributed by atoms with Gasteiger partial charge in [-0.25, -0.2) is 13.4 Å². The largest absolute Gasteiger partial charge is 0.344 e. The van der Waals surface area contributed by atoms with E-state index in [2.05, 4.69) is 15.3 Å². The number of amides is 1. The third-order valence-electron chi connectivity index (χ3n) is 3.75. The van der Waals surface area contributed by atoms with Crippen LogP contribution in [0.3, 0.4) is 0 Å². The predicted octanol–water partition coefficient (Wildman–Crippen LogP) is 2.54. The zero-order valence-electron chi connectivity index (χ0n) is 13.1. The van der Waals surface area contributed by atoms with Crippen LogP contribution >= 0.6 is 0 Å². The van der Waals surface area contributed by atoms with Crippen LogP contribution in [0.15, 0.2) is 53.7 Å². The second kappa shape index (κ2) is 6.45. The number of nitrogens with one attached hydrogen (secondary N) is 2. The van der Waals surface area contributed by atoms with Gasteiger partial charge in [0.15, 0.2) is 9.84 Å². The summed E-state index contributed by atoms with van der Waals surface area (Å²) in [5.41, 5.74) is 2.13. The Morgan fingerprint density at radius 2 is 1.96 bits per heavy atom. The first kappa shape index (κ1) is 16.2. The van der Waals surface area contributed by atoms with Gasteiger partial charge in [0.1, 0.15) is 5.65 Å². The van der Waals surface area contributed by atoms with Crippen molar-refractivity contribution in [1.82, 2.24) is 9.97 Å². The molecule has 0 bridgehead atoms. The summed E-state index contributed by atoms with van der Waals surface area (Å²) in [7, 11) is -3.22. The van der Waals surface area contributed by atoms with Crippen LogP contribution in [-0.2, 0) is 21.1 Å². The fourth-order valence-corrected chi connectivity index (χ4v) is 3.30. The summed E-state index contributed by atoms with van der Waals surface area (Å²) in [6, 6.07) is 10.1. The van der Waals surface area contributed by atoms with Gasteiger partial charge < -0.3 is 10.3 Å². The summed E-state index contributed by atoms with van der Waals surface area (Å²) >= 11 is 0. The highest BCUT2D eigenvalue weighted by molar-refractivity contribution is 7.91. The molecule has 124 valence electrons. The third-order valence-corrected chi connectivity index (χ3v) is 5.50. The zero-order chi connectivity index (χ0) is 17.2. The highest BCUT2D eigenvalue weighted by Gasteiger charge is 2.12. The van der Waals surface area contributed by atoms with Crippen molar-refractivity contribution in [3.05, 3.63) is 54.4 Å². The van der Waals surface area contributed by atoms with Gasteiger partial charge in [-0.1, -0.05) is 19.1 Å². The maximum atomic E-state index is 12.2. The number of fused-ring (bicyclic) bond motifs is 1. The minimum Gasteiger partial charge on any atom is -0.344 e. The van der Waals surface area contributed by atoms with Crippen LogP contribution in [0.2, 0.25) is 0 Å². The number of hydrogen-bond acceptors (Lipinski definition) is 4. The number of sulfone groups is 1. The smallest absolute Gasteiger partial charge is 0.228 e. The zero-order valence-corrected chi connectivity index (χ0v) is 13.9. The minimum absolute atomic E-state index is 0.0570. The number of aromatic amines is 1. The third kappa shape index (κ3) is 3.30.